The first-order chi connectivity index (χ1) is 7.74. The van der Waals surface area contributed by atoms with Crippen LogP contribution in [0.25, 0.3) is 0 Å². The molecule has 2 rings (SSSR count). The van der Waals surface area contributed by atoms with Gasteiger partial charge < -0.3 is 4.74 Å². The number of benzene rings is 1. The summed E-state index contributed by atoms with van der Waals surface area (Å²) in [4.78, 5) is 22.8. The summed E-state index contributed by atoms with van der Waals surface area (Å²) in [5, 5.41) is 0. The Labute approximate surface area is 94.4 Å². The van der Waals surface area contributed by atoms with Gasteiger partial charge >= 0.3 is 11.9 Å². The molecule has 0 bridgehead atoms. The van der Waals surface area contributed by atoms with Crippen LogP contribution in [0.1, 0.15) is 52.5 Å². The number of fused-ring (bicyclic) bond motifs is 1. The maximum Gasteiger partial charge on any atom is 0.347 e. The lowest BCUT2D eigenvalue weighted by Crippen LogP contribution is -2.00. The Morgan fingerprint density at radius 2 is 1.94 bits per heavy atom. The van der Waals surface area contributed by atoms with E-state index in [0.717, 1.165) is 31.2 Å². The van der Waals surface area contributed by atoms with Crippen LogP contribution in [0.3, 0.4) is 0 Å². The van der Waals surface area contributed by atoms with Crippen LogP contribution in [-0.4, -0.2) is 11.9 Å². The second kappa shape index (κ2) is 4.47. The molecule has 0 N–H and O–H groups in total. The fourth-order valence-electron chi connectivity index (χ4n) is 1.98. The average molecular weight is 218 g/mol. The number of aryl methyl sites for hydroxylation is 1. The van der Waals surface area contributed by atoms with Crippen molar-refractivity contribution in [1.82, 2.24) is 0 Å². The molecule has 0 atom stereocenters. The minimum absolute atomic E-state index is 0.416. The Hall–Kier alpha value is -1.64. The van der Waals surface area contributed by atoms with Gasteiger partial charge in [-0.15, -0.1) is 0 Å². The molecule has 1 aromatic carbocycles. The largest absolute Gasteiger partial charge is 0.386 e. The molecular weight excluding hydrogens is 204 g/mol. The van der Waals surface area contributed by atoms with Gasteiger partial charge in [-0.3, -0.25) is 0 Å². The number of unbranched alkanes of at least 4 members (excludes halogenated alkanes) is 2. The Morgan fingerprint density at radius 1 is 1.12 bits per heavy atom. The molecule has 0 spiro atoms. The van der Waals surface area contributed by atoms with Crippen molar-refractivity contribution >= 4 is 11.9 Å². The molecule has 1 aromatic rings. The Kier molecular flexibility index (Phi) is 3.04. The second-order valence-electron chi connectivity index (χ2n) is 3.97. The molecule has 0 fully saturated rings. The van der Waals surface area contributed by atoms with Crippen molar-refractivity contribution in [1.29, 1.82) is 0 Å². The molecule has 3 heteroatoms. The smallest absolute Gasteiger partial charge is 0.347 e. The van der Waals surface area contributed by atoms with E-state index in [4.69, 9.17) is 0 Å². The topological polar surface area (TPSA) is 43.4 Å². The van der Waals surface area contributed by atoms with Crippen LogP contribution in [0.15, 0.2) is 18.2 Å². The average Bonchev–Trinajstić information content (AvgIpc) is 2.56. The molecule has 1 heterocycles. The van der Waals surface area contributed by atoms with Crippen molar-refractivity contribution in [2.24, 2.45) is 0 Å². The van der Waals surface area contributed by atoms with E-state index >= 15 is 0 Å². The van der Waals surface area contributed by atoms with Gasteiger partial charge in [-0.05, 0) is 24.5 Å². The predicted octanol–water partition coefficient (Wildman–Crippen LogP) is 2.73. The van der Waals surface area contributed by atoms with E-state index in [1.807, 2.05) is 6.07 Å². The van der Waals surface area contributed by atoms with Crippen molar-refractivity contribution in [3.63, 3.8) is 0 Å². The Balaban J connectivity index is 2.27. The predicted molar refractivity (Wildman–Crippen MR) is 59.4 cm³/mol. The molecule has 1 aliphatic heterocycles. The number of ether oxygens (including phenoxy) is 1. The molecule has 3 nitrogen and oxygen atoms in total. The standard InChI is InChI=1S/C13H14O3/c1-2-3-4-6-9-7-5-8-10-11(9)13(15)16-12(10)14/h5,7-8H,2-4,6H2,1H3. The second-order valence-corrected chi connectivity index (χ2v) is 3.97. The summed E-state index contributed by atoms with van der Waals surface area (Å²) < 4.78 is 4.60. The fraction of sp³-hybridized carbons (Fsp3) is 0.385. The Morgan fingerprint density at radius 3 is 2.69 bits per heavy atom. The molecule has 84 valence electrons. The van der Waals surface area contributed by atoms with E-state index in [-0.39, 0.29) is 0 Å². The van der Waals surface area contributed by atoms with Crippen molar-refractivity contribution < 1.29 is 14.3 Å². The zero-order chi connectivity index (χ0) is 11.5. The summed E-state index contributed by atoms with van der Waals surface area (Å²) in [6, 6.07) is 5.35. The van der Waals surface area contributed by atoms with Crippen molar-refractivity contribution in [3.05, 3.63) is 34.9 Å². The van der Waals surface area contributed by atoms with Crippen LogP contribution in [0.2, 0.25) is 0 Å². The maximum atomic E-state index is 11.5. The zero-order valence-electron chi connectivity index (χ0n) is 9.29. The summed E-state index contributed by atoms with van der Waals surface area (Å²) in [5.41, 5.74) is 1.82. The van der Waals surface area contributed by atoms with Crippen molar-refractivity contribution in [2.75, 3.05) is 0 Å². The number of cyclic esters (lactones) is 2. The third kappa shape index (κ3) is 1.85. The molecular formula is C13H14O3. The molecule has 0 radical (unpaired) electrons. The highest BCUT2D eigenvalue weighted by atomic mass is 16.6. The third-order valence-electron chi connectivity index (χ3n) is 2.81. The minimum atomic E-state index is -0.516. The quantitative estimate of drug-likeness (QED) is 0.443. The third-order valence-corrected chi connectivity index (χ3v) is 2.81. The van der Waals surface area contributed by atoms with Crippen LogP contribution in [-0.2, 0) is 11.2 Å². The minimum Gasteiger partial charge on any atom is -0.386 e. The van der Waals surface area contributed by atoms with E-state index in [1.165, 1.54) is 0 Å². The molecule has 0 saturated heterocycles. The van der Waals surface area contributed by atoms with Crippen LogP contribution in [0.5, 0.6) is 0 Å². The number of esters is 2. The van der Waals surface area contributed by atoms with E-state index in [0.29, 0.717) is 11.1 Å². The number of hydrogen-bond acceptors (Lipinski definition) is 3. The molecule has 1 aliphatic rings. The van der Waals surface area contributed by atoms with E-state index < -0.39 is 11.9 Å². The zero-order valence-corrected chi connectivity index (χ0v) is 9.29. The van der Waals surface area contributed by atoms with Crippen molar-refractivity contribution in [2.45, 2.75) is 32.6 Å². The SMILES string of the molecule is CCCCCc1cccc2c1C(=O)OC2=O. The van der Waals surface area contributed by atoms with Gasteiger partial charge in [-0.1, -0.05) is 31.9 Å². The van der Waals surface area contributed by atoms with E-state index in [2.05, 4.69) is 11.7 Å². The van der Waals surface area contributed by atoms with Gasteiger partial charge in [0.25, 0.3) is 0 Å². The van der Waals surface area contributed by atoms with Crippen molar-refractivity contribution in [3.8, 4) is 0 Å². The maximum absolute atomic E-state index is 11.5. The van der Waals surface area contributed by atoms with Gasteiger partial charge in [0.05, 0.1) is 11.1 Å². The van der Waals surface area contributed by atoms with Gasteiger partial charge in [-0.2, -0.15) is 0 Å². The molecule has 0 saturated carbocycles. The van der Waals surface area contributed by atoms with Gasteiger partial charge in [0.15, 0.2) is 0 Å². The fourth-order valence-corrected chi connectivity index (χ4v) is 1.98. The lowest BCUT2D eigenvalue weighted by molar-refractivity contribution is 0.0443. The highest BCUT2D eigenvalue weighted by molar-refractivity contribution is 6.15. The molecule has 16 heavy (non-hydrogen) atoms. The van der Waals surface area contributed by atoms with Crippen LogP contribution < -0.4 is 0 Å². The summed E-state index contributed by atoms with van der Waals surface area (Å²) >= 11 is 0. The van der Waals surface area contributed by atoms with Gasteiger partial charge in [0.1, 0.15) is 0 Å². The van der Waals surface area contributed by atoms with Crippen LogP contribution in [0.4, 0.5) is 0 Å². The Bertz CT molecular complexity index is 435. The van der Waals surface area contributed by atoms with Crippen LogP contribution in [0, 0.1) is 0 Å². The summed E-state index contributed by atoms with van der Waals surface area (Å²) in [6.45, 7) is 2.13. The van der Waals surface area contributed by atoms with Gasteiger partial charge in [-0.25, -0.2) is 9.59 Å². The number of carbonyl (C=O) groups is 2. The number of rotatable bonds is 4. The number of hydrogen-bond donors (Lipinski definition) is 0. The molecule has 0 aromatic heterocycles. The van der Waals surface area contributed by atoms with Gasteiger partial charge in [0.2, 0.25) is 0 Å². The lowest BCUT2D eigenvalue weighted by atomic mass is 9.98. The highest BCUT2D eigenvalue weighted by Gasteiger charge is 2.31. The first-order valence-electron chi connectivity index (χ1n) is 5.62. The summed E-state index contributed by atoms with van der Waals surface area (Å²) in [5.74, 6) is -1.01. The summed E-state index contributed by atoms with van der Waals surface area (Å²) in [6.07, 6.45) is 4.14. The number of carbonyl (C=O) groups excluding carboxylic acids is 2. The normalized spacial score (nSPS) is 13.8. The van der Waals surface area contributed by atoms with E-state index in [1.54, 1.807) is 12.1 Å². The van der Waals surface area contributed by atoms with E-state index in [9.17, 15) is 9.59 Å². The molecule has 0 unspecified atom stereocenters. The highest BCUT2D eigenvalue weighted by Crippen LogP contribution is 2.24. The first-order valence-corrected chi connectivity index (χ1v) is 5.62. The van der Waals surface area contributed by atoms with Crippen LogP contribution >= 0.6 is 0 Å². The summed E-state index contributed by atoms with van der Waals surface area (Å²) in [7, 11) is 0. The monoisotopic (exact) mass is 218 g/mol. The molecule has 0 aliphatic carbocycles. The van der Waals surface area contributed by atoms with Gasteiger partial charge in [0, 0.05) is 0 Å². The molecule has 0 amide bonds. The lowest BCUT2D eigenvalue weighted by Gasteiger charge is -2.03. The first kappa shape index (κ1) is 10.9.